The number of carbonyl (C=O) groups excluding carboxylic acids is 1. The Morgan fingerprint density at radius 3 is 2.92 bits per heavy atom. The highest BCUT2D eigenvalue weighted by Gasteiger charge is 2.14. The number of nitrogens with zero attached hydrogens (tertiary/aromatic N) is 2. The summed E-state index contributed by atoms with van der Waals surface area (Å²) in [5.74, 6) is 1.44. The van der Waals surface area contributed by atoms with Crippen molar-refractivity contribution in [1.29, 1.82) is 0 Å². The summed E-state index contributed by atoms with van der Waals surface area (Å²) < 4.78 is 5.53. The Balaban J connectivity index is 0.00000208. The number of carbonyl (C=O) groups is 1. The summed E-state index contributed by atoms with van der Waals surface area (Å²) in [7, 11) is 0. The van der Waals surface area contributed by atoms with Crippen LogP contribution in [-0.2, 0) is 0 Å². The van der Waals surface area contributed by atoms with Crippen LogP contribution in [0.2, 0.25) is 0 Å². The number of aromatic nitrogens is 1. The number of furan rings is 1. The van der Waals surface area contributed by atoms with Crippen molar-refractivity contribution in [3.8, 4) is 10.8 Å². The van der Waals surface area contributed by atoms with E-state index in [1.807, 2.05) is 19.1 Å². The van der Waals surface area contributed by atoms with Crippen LogP contribution in [0.5, 0.6) is 0 Å². The molecule has 3 heterocycles. The molecule has 2 aromatic heterocycles. The van der Waals surface area contributed by atoms with Crippen LogP contribution in [0, 0.1) is 6.92 Å². The molecule has 0 saturated carbocycles. The predicted molar refractivity (Wildman–Crippen MR) is 98.1 cm³/mol. The van der Waals surface area contributed by atoms with Gasteiger partial charge in [0, 0.05) is 38.1 Å². The monoisotopic (exact) mass is 370 g/mol. The van der Waals surface area contributed by atoms with Crippen molar-refractivity contribution in [3.63, 3.8) is 0 Å². The van der Waals surface area contributed by atoms with Gasteiger partial charge < -0.3 is 20.0 Å². The first kappa shape index (κ1) is 18.9. The van der Waals surface area contributed by atoms with Crippen molar-refractivity contribution in [2.24, 2.45) is 0 Å². The fourth-order valence-corrected chi connectivity index (χ4v) is 3.33. The number of thiazole rings is 1. The van der Waals surface area contributed by atoms with E-state index < -0.39 is 0 Å². The molecule has 3 rings (SSSR count). The maximum absolute atomic E-state index is 12.1. The average Bonchev–Trinajstić information content (AvgIpc) is 3.21. The molecule has 0 atom stereocenters. The van der Waals surface area contributed by atoms with Gasteiger partial charge in [-0.3, -0.25) is 4.79 Å². The zero-order valence-corrected chi connectivity index (χ0v) is 15.3. The van der Waals surface area contributed by atoms with E-state index in [1.54, 1.807) is 5.38 Å². The molecule has 1 fully saturated rings. The highest BCUT2D eigenvalue weighted by atomic mass is 35.5. The summed E-state index contributed by atoms with van der Waals surface area (Å²) in [6.45, 7) is 7.88. The first-order valence-corrected chi connectivity index (χ1v) is 8.84. The van der Waals surface area contributed by atoms with Crippen LogP contribution in [0.3, 0.4) is 0 Å². The molecule has 6 nitrogen and oxygen atoms in total. The fraction of sp³-hybridized carbons (Fsp3) is 0.500. The van der Waals surface area contributed by atoms with E-state index in [9.17, 15) is 4.79 Å². The molecule has 0 radical (unpaired) electrons. The van der Waals surface area contributed by atoms with E-state index in [1.165, 1.54) is 11.3 Å². The van der Waals surface area contributed by atoms with Gasteiger partial charge in [0.05, 0.1) is 0 Å². The van der Waals surface area contributed by atoms with E-state index in [0.29, 0.717) is 18.0 Å². The molecule has 2 aromatic rings. The minimum absolute atomic E-state index is 0. The van der Waals surface area contributed by atoms with Gasteiger partial charge in [-0.1, -0.05) is 0 Å². The van der Waals surface area contributed by atoms with Gasteiger partial charge in [-0.15, -0.1) is 23.7 Å². The lowest BCUT2D eigenvalue weighted by molar-refractivity contribution is 0.0947. The molecule has 1 amide bonds. The smallest absolute Gasteiger partial charge is 0.270 e. The van der Waals surface area contributed by atoms with E-state index in [4.69, 9.17) is 4.42 Å². The lowest BCUT2D eigenvalue weighted by atomic mass is 10.3. The normalized spacial score (nSPS) is 15.0. The number of piperazine rings is 1. The Labute approximate surface area is 152 Å². The molecule has 1 saturated heterocycles. The molecule has 1 aliphatic heterocycles. The van der Waals surface area contributed by atoms with Gasteiger partial charge in [0.2, 0.25) is 0 Å². The number of nitrogens with one attached hydrogen (secondary N) is 2. The Kier molecular flexibility index (Phi) is 7.23. The third-order valence-corrected chi connectivity index (χ3v) is 4.69. The van der Waals surface area contributed by atoms with Gasteiger partial charge in [0.25, 0.3) is 5.91 Å². The number of aryl methyl sites for hydroxylation is 1. The molecule has 8 heteroatoms. The van der Waals surface area contributed by atoms with Crippen LogP contribution in [0.15, 0.2) is 21.9 Å². The number of hydrogen-bond donors (Lipinski definition) is 2. The molecule has 0 aromatic carbocycles. The topological polar surface area (TPSA) is 70.4 Å². The third kappa shape index (κ3) is 5.04. The molecule has 0 spiro atoms. The van der Waals surface area contributed by atoms with Crippen molar-refractivity contribution in [2.45, 2.75) is 13.3 Å². The number of amides is 1. The summed E-state index contributed by atoms with van der Waals surface area (Å²) in [4.78, 5) is 18.9. The second-order valence-electron chi connectivity index (χ2n) is 5.65. The van der Waals surface area contributed by atoms with Crippen molar-refractivity contribution >= 4 is 29.7 Å². The Morgan fingerprint density at radius 2 is 2.21 bits per heavy atom. The van der Waals surface area contributed by atoms with E-state index in [2.05, 4.69) is 20.5 Å². The fourth-order valence-electron chi connectivity index (χ4n) is 2.57. The maximum atomic E-state index is 12.1. The van der Waals surface area contributed by atoms with E-state index >= 15 is 0 Å². The Hall–Kier alpha value is -1.41. The van der Waals surface area contributed by atoms with Crippen LogP contribution in [0.25, 0.3) is 10.8 Å². The van der Waals surface area contributed by atoms with Crippen molar-refractivity contribution in [3.05, 3.63) is 29.0 Å². The standard InChI is InChI=1S/C16H22N4O2S.ClH/c1-12-3-4-14(22-12)16-19-13(11-23-16)15(21)18-5-2-8-20-9-6-17-7-10-20;/h3-4,11,17H,2,5-10H2,1H3,(H,18,21);1H. The number of hydrogen-bond acceptors (Lipinski definition) is 6. The molecule has 1 aliphatic rings. The van der Waals surface area contributed by atoms with Crippen LogP contribution < -0.4 is 10.6 Å². The van der Waals surface area contributed by atoms with Crippen LogP contribution in [0.1, 0.15) is 22.7 Å². The Morgan fingerprint density at radius 1 is 1.42 bits per heavy atom. The second kappa shape index (κ2) is 9.17. The zero-order chi connectivity index (χ0) is 16.1. The van der Waals surface area contributed by atoms with Gasteiger partial charge >= 0.3 is 0 Å². The molecule has 0 bridgehead atoms. The maximum Gasteiger partial charge on any atom is 0.270 e. The second-order valence-corrected chi connectivity index (χ2v) is 6.51. The molecule has 132 valence electrons. The predicted octanol–water partition coefficient (Wildman–Crippen LogP) is 2.16. The largest absolute Gasteiger partial charge is 0.459 e. The van der Waals surface area contributed by atoms with Crippen LogP contribution >= 0.6 is 23.7 Å². The summed E-state index contributed by atoms with van der Waals surface area (Å²) in [6.07, 6.45) is 0.958. The van der Waals surface area contributed by atoms with Gasteiger partial charge in [0.1, 0.15) is 11.5 Å². The number of halogens is 1. The molecule has 24 heavy (non-hydrogen) atoms. The quantitative estimate of drug-likeness (QED) is 0.762. The zero-order valence-electron chi connectivity index (χ0n) is 13.7. The molecule has 0 unspecified atom stereocenters. The Bertz CT molecular complexity index is 652. The van der Waals surface area contributed by atoms with Crippen molar-refractivity contribution < 1.29 is 9.21 Å². The highest BCUT2D eigenvalue weighted by molar-refractivity contribution is 7.13. The summed E-state index contributed by atoms with van der Waals surface area (Å²) in [6, 6.07) is 3.77. The summed E-state index contributed by atoms with van der Waals surface area (Å²) in [5.41, 5.74) is 0.459. The van der Waals surface area contributed by atoms with Gasteiger partial charge in [-0.05, 0) is 32.0 Å². The van der Waals surface area contributed by atoms with E-state index in [-0.39, 0.29) is 18.3 Å². The summed E-state index contributed by atoms with van der Waals surface area (Å²) >= 11 is 1.43. The molecule has 0 aliphatic carbocycles. The first-order chi connectivity index (χ1) is 11.2. The number of rotatable bonds is 6. The minimum atomic E-state index is -0.115. The van der Waals surface area contributed by atoms with Crippen molar-refractivity contribution in [1.82, 2.24) is 20.5 Å². The highest BCUT2D eigenvalue weighted by Crippen LogP contribution is 2.25. The van der Waals surface area contributed by atoms with Crippen molar-refractivity contribution in [2.75, 3.05) is 39.3 Å². The molecular formula is C16H23ClN4O2S. The van der Waals surface area contributed by atoms with E-state index in [0.717, 1.165) is 49.9 Å². The SMILES string of the molecule is Cc1ccc(-c2nc(C(=O)NCCCN3CCNCC3)cs2)o1.Cl. The van der Waals surface area contributed by atoms with Crippen LogP contribution in [-0.4, -0.2) is 55.1 Å². The minimum Gasteiger partial charge on any atom is -0.459 e. The van der Waals surface area contributed by atoms with Gasteiger partial charge in [-0.2, -0.15) is 0 Å². The first-order valence-electron chi connectivity index (χ1n) is 7.96. The lowest BCUT2D eigenvalue weighted by Crippen LogP contribution is -2.44. The molecule has 2 N–H and O–H groups in total. The average molecular weight is 371 g/mol. The molecular weight excluding hydrogens is 348 g/mol. The third-order valence-electron chi connectivity index (χ3n) is 3.83. The van der Waals surface area contributed by atoms with Gasteiger partial charge in [-0.25, -0.2) is 4.98 Å². The lowest BCUT2D eigenvalue weighted by Gasteiger charge is -2.26. The van der Waals surface area contributed by atoms with Gasteiger partial charge in [0.15, 0.2) is 10.8 Å². The summed E-state index contributed by atoms with van der Waals surface area (Å²) in [5, 5.41) is 8.79. The van der Waals surface area contributed by atoms with Crippen LogP contribution in [0.4, 0.5) is 0 Å².